The zero-order valence-electron chi connectivity index (χ0n) is 10.4. The van der Waals surface area contributed by atoms with E-state index < -0.39 is 0 Å². The molecule has 0 aliphatic carbocycles. The van der Waals surface area contributed by atoms with Gasteiger partial charge in [-0.05, 0) is 25.3 Å². The first-order valence-electron chi connectivity index (χ1n) is 6.40. The molecule has 0 aromatic carbocycles. The highest BCUT2D eigenvalue weighted by molar-refractivity contribution is 5.90. The van der Waals surface area contributed by atoms with E-state index in [2.05, 4.69) is 20.2 Å². The smallest absolute Gasteiger partial charge is 0.287 e. The van der Waals surface area contributed by atoms with E-state index in [-0.39, 0.29) is 12.5 Å². The quantitative estimate of drug-likeness (QED) is 0.680. The molecule has 2 rings (SSSR count). The average molecular weight is 252 g/mol. The maximum absolute atomic E-state index is 11.6. The molecule has 1 saturated heterocycles. The van der Waals surface area contributed by atoms with Gasteiger partial charge in [-0.3, -0.25) is 4.79 Å². The molecule has 1 amide bonds. The maximum Gasteiger partial charge on any atom is 0.287 e. The van der Waals surface area contributed by atoms with Crippen LogP contribution in [0.5, 0.6) is 0 Å². The van der Waals surface area contributed by atoms with Crippen LogP contribution < -0.4 is 5.32 Å². The standard InChI is InChI=1S/C12H20N4O2/c17-9-10-2-1-6-16(8-10)7-5-15-12(18)11-13-3-4-14-11/h3-4,10,17H,1-2,5-9H2,(H,13,14)(H,15,18). The Morgan fingerprint density at radius 1 is 1.67 bits per heavy atom. The molecule has 0 bridgehead atoms. The number of likely N-dealkylation sites (tertiary alicyclic amines) is 1. The molecule has 2 heterocycles. The Balaban J connectivity index is 1.67. The normalized spacial score (nSPS) is 20.8. The summed E-state index contributed by atoms with van der Waals surface area (Å²) < 4.78 is 0. The Kier molecular flexibility index (Phi) is 4.72. The van der Waals surface area contributed by atoms with Crippen LogP contribution in [-0.4, -0.2) is 58.7 Å². The summed E-state index contributed by atoms with van der Waals surface area (Å²) in [5.41, 5.74) is 0. The van der Waals surface area contributed by atoms with Crippen molar-refractivity contribution in [3.8, 4) is 0 Å². The van der Waals surface area contributed by atoms with Crippen LogP contribution in [0.2, 0.25) is 0 Å². The fourth-order valence-electron chi connectivity index (χ4n) is 2.30. The van der Waals surface area contributed by atoms with E-state index in [9.17, 15) is 4.79 Å². The van der Waals surface area contributed by atoms with Gasteiger partial charge in [0.15, 0.2) is 5.82 Å². The Labute approximate surface area is 106 Å². The molecule has 1 aromatic rings. The summed E-state index contributed by atoms with van der Waals surface area (Å²) in [7, 11) is 0. The van der Waals surface area contributed by atoms with Gasteiger partial charge in [-0.1, -0.05) is 0 Å². The third-order valence-electron chi connectivity index (χ3n) is 3.29. The molecule has 1 atom stereocenters. The summed E-state index contributed by atoms with van der Waals surface area (Å²) in [5.74, 6) is 0.567. The molecule has 1 aromatic heterocycles. The zero-order chi connectivity index (χ0) is 12.8. The van der Waals surface area contributed by atoms with E-state index in [1.807, 2.05) is 0 Å². The summed E-state index contributed by atoms with van der Waals surface area (Å²) in [6, 6.07) is 0. The molecule has 3 N–H and O–H groups in total. The summed E-state index contributed by atoms with van der Waals surface area (Å²) in [5, 5.41) is 12.0. The molecule has 100 valence electrons. The van der Waals surface area contributed by atoms with Gasteiger partial charge in [0.2, 0.25) is 0 Å². The SMILES string of the molecule is O=C(NCCN1CCCC(CO)C1)c1ncc[nH]1. The minimum Gasteiger partial charge on any atom is -0.396 e. The zero-order valence-corrected chi connectivity index (χ0v) is 10.4. The molecule has 1 aliphatic heterocycles. The second-order valence-electron chi connectivity index (χ2n) is 4.69. The van der Waals surface area contributed by atoms with Crippen molar-refractivity contribution < 1.29 is 9.90 Å². The molecule has 0 spiro atoms. The summed E-state index contributed by atoms with van der Waals surface area (Å²) in [6.07, 6.45) is 5.42. The molecule has 1 aliphatic rings. The Morgan fingerprint density at radius 3 is 3.28 bits per heavy atom. The van der Waals surface area contributed by atoms with Crippen molar-refractivity contribution >= 4 is 5.91 Å². The van der Waals surface area contributed by atoms with Gasteiger partial charge in [0.25, 0.3) is 5.91 Å². The third kappa shape index (κ3) is 3.54. The molecule has 1 fully saturated rings. The van der Waals surface area contributed by atoms with Gasteiger partial charge in [0, 0.05) is 38.6 Å². The maximum atomic E-state index is 11.6. The van der Waals surface area contributed by atoms with Gasteiger partial charge in [0.1, 0.15) is 0 Å². The number of amides is 1. The number of aliphatic hydroxyl groups is 1. The molecule has 0 radical (unpaired) electrons. The number of hydrogen-bond donors (Lipinski definition) is 3. The number of nitrogens with one attached hydrogen (secondary N) is 2. The number of nitrogens with zero attached hydrogens (tertiary/aromatic N) is 2. The van der Waals surface area contributed by atoms with E-state index in [0.717, 1.165) is 32.5 Å². The van der Waals surface area contributed by atoms with Crippen LogP contribution >= 0.6 is 0 Å². The van der Waals surface area contributed by atoms with Crippen LogP contribution in [0.25, 0.3) is 0 Å². The number of aromatic nitrogens is 2. The molecule has 0 saturated carbocycles. The third-order valence-corrected chi connectivity index (χ3v) is 3.29. The minimum atomic E-state index is -0.171. The molecule has 6 heteroatoms. The summed E-state index contributed by atoms with van der Waals surface area (Å²) in [6.45, 7) is 3.66. The van der Waals surface area contributed by atoms with Crippen molar-refractivity contribution in [3.05, 3.63) is 18.2 Å². The number of aliphatic hydroxyl groups excluding tert-OH is 1. The van der Waals surface area contributed by atoms with Crippen LogP contribution in [0, 0.1) is 5.92 Å². The van der Waals surface area contributed by atoms with Crippen molar-refractivity contribution in [1.82, 2.24) is 20.2 Å². The van der Waals surface area contributed by atoms with E-state index in [1.165, 1.54) is 0 Å². The fraction of sp³-hybridized carbons (Fsp3) is 0.667. The predicted molar refractivity (Wildman–Crippen MR) is 67.2 cm³/mol. The molecule has 18 heavy (non-hydrogen) atoms. The van der Waals surface area contributed by atoms with E-state index >= 15 is 0 Å². The number of H-pyrrole nitrogens is 1. The van der Waals surface area contributed by atoms with E-state index in [0.29, 0.717) is 18.3 Å². The summed E-state index contributed by atoms with van der Waals surface area (Å²) >= 11 is 0. The number of hydrogen-bond acceptors (Lipinski definition) is 4. The molecular weight excluding hydrogens is 232 g/mol. The molecule has 1 unspecified atom stereocenters. The molecular formula is C12H20N4O2. The van der Waals surface area contributed by atoms with Gasteiger partial charge in [-0.15, -0.1) is 0 Å². The van der Waals surface area contributed by atoms with Gasteiger partial charge in [0.05, 0.1) is 0 Å². The Bertz CT molecular complexity index is 366. The predicted octanol–water partition coefficient (Wildman–Crippen LogP) is -0.156. The van der Waals surface area contributed by atoms with Crippen LogP contribution in [0.4, 0.5) is 0 Å². The highest BCUT2D eigenvalue weighted by Crippen LogP contribution is 2.14. The van der Waals surface area contributed by atoms with Gasteiger partial charge >= 0.3 is 0 Å². The van der Waals surface area contributed by atoms with E-state index in [4.69, 9.17) is 5.11 Å². The van der Waals surface area contributed by atoms with Gasteiger partial charge in [-0.2, -0.15) is 0 Å². The number of carbonyl (C=O) groups excluding carboxylic acids is 1. The van der Waals surface area contributed by atoms with Crippen LogP contribution in [0.1, 0.15) is 23.5 Å². The van der Waals surface area contributed by atoms with Crippen LogP contribution in [0.15, 0.2) is 12.4 Å². The highest BCUT2D eigenvalue weighted by atomic mass is 16.3. The van der Waals surface area contributed by atoms with Crippen molar-refractivity contribution in [2.24, 2.45) is 5.92 Å². The summed E-state index contributed by atoms with van der Waals surface area (Å²) in [4.78, 5) is 20.6. The number of piperidine rings is 1. The number of aromatic amines is 1. The Hall–Kier alpha value is -1.40. The first-order chi connectivity index (χ1) is 8.79. The van der Waals surface area contributed by atoms with E-state index in [1.54, 1.807) is 12.4 Å². The van der Waals surface area contributed by atoms with Gasteiger partial charge < -0.3 is 20.3 Å². The lowest BCUT2D eigenvalue weighted by molar-refractivity contribution is 0.0922. The lowest BCUT2D eigenvalue weighted by Gasteiger charge is -2.31. The monoisotopic (exact) mass is 252 g/mol. The minimum absolute atomic E-state index is 0.171. The number of rotatable bonds is 5. The molecule has 6 nitrogen and oxygen atoms in total. The average Bonchev–Trinajstić information content (AvgIpc) is 2.93. The van der Waals surface area contributed by atoms with Crippen molar-refractivity contribution in [2.75, 3.05) is 32.8 Å². The van der Waals surface area contributed by atoms with Crippen LogP contribution in [-0.2, 0) is 0 Å². The van der Waals surface area contributed by atoms with Crippen molar-refractivity contribution in [2.45, 2.75) is 12.8 Å². The second kappa shape index (κ2) is 6.51. The highest BCUT2D eigenvalue weighted by Gasteiger charge is 2.18. The second-order valence-corrected chi connectivity index (χ2v) is 4.69. The largest absolute Gasteiger partial charge is 0.396 e. The number of imidazole rings is 1. The lowest BCUT2D eigenvalue weighted by Crippen LogP contribution is -2.41. The van der Waals surface area contributed by atoms with Crippen molar-refractivity contribution in [3.63, 3.8) is 0 Å². The van der Waals surface area contributed by atoms with Crippen molar-refractivity contribution in [1.29, 1.82) is 0 Å². The first kappa shape index (κ1) is 13.0. The fourth-order valence-corrected chi connectivity index (χ4v) is 2.30. The van der Waals surface area contributed by atoms with Crippen LogP contribution in [0.3, 0.4) is 0 Å². The van der Waals surface area contributed by atoms with Gasteiger partial charge in [-0.25, -0.2) is 4.98 Å². The Morgan fingerprint density at radius 2 is 2.56 bits per heavy atom. The lowest BCUT2D eigenvalue weighted by atomic mass is 9.99. The number of carbonyl (C=O) groups is 1. The first-order valence-corrected chi connectivity index (χ1v) is 6.40. The topological polar surface area (TPSA) is 81.2 Å².